The third-order valence-corrected chi connectivity index (χ3v) is 5.74. The maximum absolute atomic E-state index is 13.0. The van der Waals surface area contributed by atoms with Crippen LogP contribution in [0.2, 0.25) is 10.0 Å². The fourth-order valence-corrected chi connectivity index (χ4v) is 3.54. The SMILES string of the molecule is COc1ccc(C(=O)NNC(=O)[C@@H](OC(=O)c2ccccc2Cl)[C@H](OC(=O)c2ccccc2Cl)C(=O)O)cc1. The maximum Gasteiger partial charge on any atom is 0.349 e. The van der Waals surface area contributed by atoms with Crippen LogP contribution in [0.4, 0.5) is 0 Å². The summed E-state index contributed by atoms with van der Waals surface area (Å²) >= 11 is 12.0. The molecule has 0 fully saturated rings. The van der Waals surface area contributed by atoms with Gasteiger partial charge in [-0.2, -0.15) is 0 Å². The molecule has 3 aromatic rings. The highest BCUT2D eigenvalue weighted by Crippen LogP contribution is 2.21. The lowest BCUT2D eigenvalue weighted by atomic mass is 10.1. The second kappa shape index (κ2) is 13.3. The van der Waals surface area contributed by atoms with Gasteiger partial charge in [-0.25, -0.2) is 14.4 Å². The quantitative estimate of drug-likeness (QED) is 0.257. The summed E-state index contributed by atoms with van der Waals surface area (Å²) in [6.07, 6.45) is -4.62. The number of hydrazine groups is 1. The molecule has 0 spiro atoms. The van der Waals surface area contributed by atoms with Crippen molar-refractivity contribution in [1.82, 2.24) is 10.9 Å². The number of carbonyl (C=O) groups excluding carboxylic acids is 4. The number of aliphatic carboxylic acids is 1. The lowest BCUT2D eigenvalue weighted by Gasteiger charge is -2.24. The topological polar surface area (TPSA) is 157 Å². The number of methoxy groups -OCH3 is 1. The van der Waals surface area contributed by atoms with Crippen molar-refractivity contribution in [2.45, 2.75) is 12.2 Å². The molecule has 0 aliphatic heterocycles. The maximum atomic E-state index is 13.0. The van der Waals surface area contributed by atoms with Gasteiger partial charge in [-0.05, 0) is 48.5 Å². The van der Waals surface area contributed by atoms with Gasteiger partial charge in [0.2, 0.25) is 12.2 Å². The van der Waals surface area contributed by atoms with E-state index >= 15 is 0 Å². The molecule has 0 aliphatic rings. The molecule has 11 nitrogen and oxygen atoms in total. The minimum Gasteiger partial charge on any atom is -0.497 e. The second-order valence-corrected chi connectivity index (χ2v) is 8.44. The number of carboxylic acid groups (broad SMARTS) is 1. The highest BCUT2D eigenvalue weighted by atomic mass is 35.5. The zero-order chi connectivity index (χ0) is 28.5. The number of rotatable bonds is 9. The summed E-state index contributed by atoms with van der Waals surface area (Å²) in [5, 5.41) is 9.70. The lowest BCUT2D eigenvalue weighted by molar-refractivity contribution is -0.159. The van der Waals surface area contributed by atoms with Gasteiger partial charge in [-0.3, -0.25) is 20.4 Å². The van der Waals surface area contributed by atoms with Gasteiger partial charge in [0.15, 0.2) is 0 Å². The van der Waals surface area contributed by atoms with Crippen molar-refractivity contribution in [2.75, 3.05) is 7.11 Å². The number of halogens is 2. The number of ether oxygens (including phenoxy) is 3. The van der Waals surface area contributed by atoms with Gasteiger partial charge in [-0.15, -0.1) is 0 Å². The predicted molar refractivity (Wildman–Crippen MR) is 138 cm³/mol. The third kappa shape index (κ3) is 7.46. The summed E-state index contributed by atoms with van der Waals surface area (Å²) in [7, 11) is 1.44. The van der Waals surface area contributed by atoms with E-state index in [1.54, 1.807) is 0 Å². The number of carbonyl (C=O) groups is 5. The molecule has 2 atom stereocenters. The number of nitrogens with one attached hydrogen (secondary N) is 2. The van der Waals surface area contributed by atoms with Crippen molar-refractivity contribution in [3.8, 4) is 5.75 Å². The van der Waals surface area contributed by atoms with E-state index in [2.05, 4.69) is 5.43 Å². The Bertz CT molecular complexity index is 1400. The van der Waals surface area contributed by atoms with Crippen LogP contribution in [0.1, 0.15) is 31.1 Å². The summed E-state index contributed by atoms with van der Waals surface area (Å²) in [5.41, 5.74) is 3.78. The van der Waals surface area contributed by atoms with Crippen LogP contribution in [-0.4, -0.2) is 54.1 Å². The highest BCUT2D eigenvalue weighted by Gasteiger charge is 2.41. The Balaban J connectivity index is 1.86. The van der Waals surface area contributed by atoms with Crippen molar-refractivity contribution in [3.63, 3.8) is 0 Å². The molecule has 0 saturated carbocycles. The van der Waals surface area contributed by atoms with E-state index in [1.807, 2.05) is 5.43 Å². The molecule has 0 bridgehead atoms. The average Bonchev–Trinajstić information content (AvgIpc) is 2.93. The first-order valence-corrected chi connectivity index (χ1v) is 11.8. The summed E-state index contributed by atoms with van der Waals surface area (Å²) in [5.74, 6) is -5.86. The minimum atomic E-state index is -2.35. The van der Waals surface area contributed by atoms with Crippen LogP contribution < -0.4 is 15.6 Å². The highest BCUT2D eigenvalue weighted by molar-refractivity contribution is 6.34. The Hall–Kier alpha value is -4.61. The predicted octanol–water partition coefficient (Wildman–Crippen LogP) is 3.30. The molecule has 0 aromatic heterocycles. The van der Waals surface area contributed by atoms with Crippen molar-refractivity contribution >= 4 is 52.9 Å². The Labute approximate surface area is 231 Å². The molecule has 2 amide bonds. The van der Waals surface area contributed by atoms with Gasteiger partial charge in [-0.1, -0.05) is 47.5 Å². The molecule has 0 unspecified atom stereocenters. The molecular formula is C26H20Cl2N2O9. The Kier molecular flexibility index (Phi) is 9.85. The van der Waals surface area contributed by atoms with E-state index in [0.717, 1.165) is 0 Å². The number of carboxylic acids is 1. The van der Waals surface area contributed by atoms with Gasteiger partial charge in [0.05, 0.1) is 28.3 Å². The van der Waals surface area contributed by atoms with E-state index in [1.165, 1.54) is 79.9 Å². The zero-order valence-corrected chi connectivity index (χ0v) is 21.6. The molecule has 3 aromatic carbocycles. The largest absolute Gasteiger partial charge is 0.497 e. The van der Waals surface area contributed by atoms with Gasteiger partial charge < -0.3 is 19.3 Å². The van der Waals surface area contributed by atoms with Crippen LogP contribution in [0, 0.1) is 0 Å². The smallest absolute Gasteiger partial charge is 0.349 e. The Morgan fingerprint density at radius 2 is 1.21 bits per heavy atom. The van der Waals surface area contributed by atoms with Crippen molar-refractivity contribution in [1.29, 1.82) is 0 Å². The molecule has 0 aliphatic carbocycles. The van der Waals surface area contributed by atoms with Crippen LogP contribution in [0.25, 0.3) is 0 Å². The first kappa shape index (κ1) is 29.0. The second-order valence-electron chi connectivity index (χ2n) is 7.62. The van der Waals surface area contributed by atoms with Crippen molar-refractivity contribution < 1.29 is 43.3 Å². The Morgan fingerprint density at radius 3 is 1.67 bits per heavy atom. The molecule has 0 radical (unpaired) electrons. The van der Waals surface area contributed by atoms with E-state index in [-0.39, 0.29) is 26.7 Å². The summed E-state index contributed by atoms with van der Waals surface area (Å²) < 4.78 is 15.2. The van der Waals surface area contributed by atoms with Crippen molar-refractivity contribution in [3.05, 3.63) is 99.5 Å². The third-order valence-electron chi connectivity index (χ3n) is 5.08. The molecule has 202 valence electrons. The fraction of sp³-hybridized carbons (Fsp3) is 0.115. The van der Waals surface area contributed by atoms with Crippen molar-refractivity contribution in [2.24, 2.45) is 0 Å². The van der Waals surface area contributed by atoms with Crippen LogP contribution in [0.5, 0.6) is 5.75 Å². The van der Waals surface area contributed by atoms with E-state index < -0.39 is 41.9 Å². The minimum absolute atomic E-state index is 0.0468. The molecule has 3 N–H and O–H groups in total. The molecule has 39 heavy (non-hydrogen) atoms. The number of benzene rings is 3. The average molecular weight is 575 g/mol. The van der Waals surface area contributed by atoms with Gasteiger partial charge in [0, 0.05) is 5.56 Å². The number of hydrogen-bond acceptors (Lipinski definition) is 8. The standard InChI is InChI=1S/C26H20Cl2N2O9/c1-37-15-12-10-14(11-13-15)22(31)29-30-23(32)20(38-25(35)16-6-2-4-8-18(16)27)21(24(33)34)39-26(36)17-7-3-5-9-19(17)28/h2-13,20-21H,1H3,(H,29,31)(H,30,32)(H,33,34)/t20-,21-/m0/s1. The normalized spacial score (nSPS) is 11.9. The molecule has 0 saturated heterocycles. The molecule has 3 rings (SSSR count). The van der Waals surface area contributed by atoms with Gasteiger partial charge >= 0.3 is 17.9 Å². The van der Waals surface area contributed by atoms with Gasteiger partial charge in [0.25, 0.3) is 11.8 Å². The van der Waals surface area contributed by atoms with E-state index in [0.29, 0.717) is 5.75 Å². The van der Waals surface area contributed by atoms with E-state index in [4.69, 9.17) is 37.4 Å². The zero-order valence-electron chi connectivity index (χ0n) is 20.1. The van der Waals surface area contributed by atoms with E-state index in [9.17, 15) is 29.1 Å². The molecule has 0 heterocycles. The molecule has 13 heteroatoms. The van der Waals surface area contributed by atoms with Crippen LogP contribution in [-0.2, 0) is 19.1 Å². The first-order valence-electron chi connectivity index (χ1n) is 11.0. The lowest BCUT2D eigenvalue weighted by Crippen LogP contribution is -2.54. The Morgan fingerprint density at radius 1 is 0.718 bits per heavy atom. The summed E-state index contributed by atoms with van der Waals surface area (Å²) in [4.78, 5) is 63.1. The monoisotopic (exact) mass is 574 g/mol. The number of hydrogen-bond donors (Lipinski definition) is 3. The van der Waals surface area contributed by atoms with Gasteiger partial charge in [0.1, 0.15) is 5.75 Å². The summed E-state index contributed by atoms with van der Waals surface area (Å²) in [6.45, 7) is 0. The fourth-order valence-electron chi connectivity index (χ4n) is 3.11. The van der Waals surface area contributed by atoms with Crippen LogP contribution >= 0.6 is 23.2 Å². The first-order chi connectivity index (χ1) is 18.6. The summed E-state index contributed by atoms with van der Waals surface area (Å²) in [6, 6.07) is 17.1. The number of amides is 2. The van der Waals surface area contributed by atoms with Crippen LogP contribution in [0.3, 0.4) is 0 Å². The molecular weight excluding hydrogens is 555 g/mol. The van der Waals surface area contributed by atoms with Crippen LogP contribution in [0.15, 0.2) is 72.8 Å². The number of esters is 2.